The van der Waals surface area contributed by atoms with E-state index in [0.29, 0.717) is 5.84 Å². The molecule has 0 spiro atoms. The zero-order valence-corrected chi connectivity index (χ0v) is 19.4. The Morgan fingerprint density at radius 2 is 1.83 bits per heavy atom. The fourth-order valence-electron chi connectivity index (χ4n) is 2.85. The van der Waals surface area contributed by atoms with Crippen molar-refractivity contribution in [2.75, 3.05) is 5.12 Å². The van der Waals surface area contributed by atoms with Gasteiger partial charge in [0.25, 0.3) is 0 Å². The van der Waals surface area contributed by atoms with Crippen LogP contribution >= 0.6 is 11.3 Å². The average Bonchev–Trinajstić information content (AvgIpc) is 3.29. The first-order chi connectivity index (χ1) is 14.3. The monoisotopic (exact) mass is 423 g/mol. The first-order valence-corrected chi connectivity index (χ1v) is 11.2. The van der Waals surface area contributed by atoms with Crippen molar-refractivity contribution in [2.45, 2.75) is 52.9 Å². The molecule has 30 heavy (non-hydrogen) atoms. The molecule has 0 aliphatic heterocycles. The van der Waals surface area contributed by atoms with Crippen molar-refractivity contribution in [3.8, 4) is 11.3 Å². The van der Waals surface area contributed by atoms with Gasteiger partial charge in [-0.1, -0.05) is 59.2 Å². The highest BCUT2D eigenvalue weighted by molar-refractivity contribution is 7.14. The fourth-order valence-corrected chi connectivity index (χ4v) is 3.45. The van der Waals surface area contributed by atoms with Gasteiger partial charge in [0, 0.05) is 17.3 Å². The number of benzene rings is 1. The molecular formula is C24H33N5S. The average molecular weight is 424 g/mol. The van der Waals surface area contributed by atoms with Crippen LogP contribution in [-0.2, 0) is 5.41 Å². The number of hydrazine groups is 1. The van der Waals surface area contributed by atoms with E-state index < -0.39 is 0 Å². The van der Waals surface area contributed by atoms with E-state index in [9.17, 15) is 0 Å². The van der Waals surface area contributed by atoms with Gasteiger partial charge in [-0.25, -0.2) is 5.84 Å². The molecule has 3 aromatic rings. The first kappa shape index (κ1) is 23.6. The molecule has 0 amide bonds. The maximum atomic E-state index is 6.41. The summed E-state index contributed by atoms with van der Waals surface area (Å²) in [6.07, 6.45) is 4.02. The van der Waals surface area contributed by atoms with E-state index in [0.717, 1.165) is 33.8 Å². The number of nitrogens with two attached hydrogens (primary N) is 2. The van der Waals surface area contributed by atoms with Gasteiger partial charge in [-0.3, -0.25) is 4.98 Å². The van der Waals surface area contributed by atoms with Crippen molar-refractivity contribution < 1.29 is 0 Å². The molecule has 0 aliphatic carbocycles. The lowest BCUT2D eigenvalue weighted by Crippen LogP contribution is -2.30. The van der Waals surface area contributed by atoms with Gasteiger partial charge in [0.1, 0.15) is 5.00 Å². The Balaban J connectivity index is 0.00000101. The molecule has 5 nitrogen and oxygen atoms in total. The van der Waals surface area contributed by atoms with Gasteiger partial charge in [0.05, 0.1) is 5.69 Å². The minimum atomic E-state index is -0.0412. The molecular weight excluding hydrogens is 390 g/mol. The minimum Gasteiger partial charge on any atom is -0.382 e. The van der Waals surface area contributed by atoms with Gasteiger partial charge < -0.3 is 5.73 Å². The van der Waals surface area contributed by atoms with Gasteiger partial charge in [-0.15, -0.1) is 16.4 Å². The number of hydrazone groups is 1. The van der Waals surface area contributed by atoms with Crippen LogP contribution < -0.4 is 16.7 Å². The second kappa shape index (κ2) is 10.9. The van der Waals surface area contributed by atoms with E-state index in [4.69, 9.17) is 11.6 Å². The van der Waals surface area contributed by atoms with Crippen LogP contribution in [-0.4, -0.2) is 10.8 Å². The molecule has 0 unspecified atom stereocenters. The summed E-state index contributed by atoms with van der Waals surface area (Å²) in [6, 6.07) is 16.0. The summed E-state index contributed by atoms with van der Waals surface area (Å²) in [4.78, 5) is 4.45. The number of aromatic nitrogens is 1. The Morgan fingerprint density at radius 3 is 2.40 bits per heavy atom. The molecule has 3 rings (SSSR count). The quantitative estimate of drug-likeness (QED) is 0.223. The molecule has 0 atom stereocenters. The molecule has 0 fully saturated rings. The number of pyridine rings is 1. The number of amidine groups is 1. The van der Waals surface area contributed by atoms with E-state index >= 15 is 0 Å². The molecule has 0 saturated carbocycles. The highest BCUT2D eigenvalue weighted by Gasteiger charge is 2.24. The highest BCUT2D eigenvalue weighted by Crippen LogP contribution is 2.32. The van der Waals surface area contributed by atoms with Crippen molar-refractivity contribution in [3.05, 3.63) is 71.2 Å². The van der Waals surface area contributed by atoms with E-state index in [2.05, 4.69) is 62.9 Å². The van der Waals surface area contributed by atoms with Crippen LogP contribution in [0.4, 0.5) is 5.00 Å². The lowest BCUT2D eigenvalue weighted by Gasteiger charge is -2.27. The van der Waals surface area contributed by atoms with Crippen molar-refractivity contribution in [1.82, 2.24) is 4.98 Å². The van der Waals surface area contributed by atoms with Crippen molar-refractivity contribution in [2.24, 2.45) is 16.7 Å². The zero-order chi connectivity index (χ0) is 22.1. The normalized spacial score (nSPS) is 11.6. The number of nitrogens with zero attached hydrogens (tertiary/aromatic N) is 3. The van der Waals surface area contributed by atoms with E-state index in [1.54, 1.807) is 6.20 Å². The number of anilines is 1. The summed E-state index contributed by atoms with van der Waals surface area (Å²) < 4.78 is 0. The Hall–Kier alpha value is -2.70. The van der Waals surface area contributed by atoms with Crippen LogP contribution in [0, 0.1) is 0 Å². The summed E-state index contributed by atoms with van der Waals surface area (Å²) in [5.74, 6) is 6.47. The zero-order valence-electron chi connectivity index (χ0n) is 18.6. The summed E-state index contributed by atoms with van der Waals surface area (Å²) in [5, 5.41) is 8.54. The Bertz CT molecular complexity index is 933. The third-order valence-electron chi connectivity index (χ3n) is 4.82. The fraction of sp³-hybridized carbons (Fsp3) is 0.333. The van der Waals surface area contributed by atoms with Crippen LogP contribution in [0.25, 0.3) is 11.3 Å². The molecule has 0 saturated heterocycles. The largest absolute Gasteiger partial charge is 0.382 e. The van der Waals surface area contributed by atoms with Crippen LogP contribution in [0.5, 0.6) is 0 Å². The van der Waals surface area contributed by atoms with Crippen LogP contribution in [0.1, 0.15) is 58.6 Å². The van der Waals surface area contributed by atoms with E-state index in [1.165, 1.54) is 22.9 Å². The van der Waals surface area contributed by atoms with Gasteiger partial charge >= 0.3 is 0 Å². The first-order valence-electron chi connectivity index (χ1n) is 10.3. The third-order valence-corrected chi connectivity index (χ3v) is 5.67. The smallest absolute Gasteiger partial charge is 0.153 e. The van der Waals surface area contributed by atoms with Crippen molar-refractivity contribution in [1.29, 1.82) is 0 Å². The lowest BCUT2D eigenvalue weighted by atomic mass is 9.79. The van der Waals surface area contributed by atoms with E-state index in [-0.39, 0.29) is 5.41 Å². The summed E-state index contributed by atoms with van der Waals surface area (Å²) in [7, 11) is 0. The lowest BCUT2D eigenvalue weighted by molar-refractivity contribution is 0.505. The van der Waals surface area contributed by atoms with Crippen molar-refractivity contribution in [3.63, 3.8) is 0 Å². The van der Waals surface area contributed by atoms with Crippen LogP contribution in [0.2, 0.25) is 0 Å². The molecule has 0 bridgehead atoms. The summed E-state index contributed by atoms with van der Waals surface area (Å²) in [6.45, 7) is 10.8. The minimum absolute atomic E-state index is 0.0412. The molecule has 160 valence electrons. The molecule has 2 heterocycles. The van der Waals surface area contributed by atoms with Gasteiger partial charge in [0.15, 0.2) is 5.84 Å². The van der Waals surface area contributed by atoms with Crippen LogP contribution in [0.3, 0.4) is 0 Å². The van der Waals surface area contributed by atoms with Crippen molar-refractivity contribution >= 4 is 22.2 Å². The van der Waals surface area contributed by atoms with Gasteiger partial charge in [-0.05, 0) is 53.1 Å². The number of hydrogen-bond donors (Lipinski definition) is 2. The van der Waals surface area contributed by atoms with Gasteiger partial charge in [0.2, 0.25) is 0 Å². The Morgan fingerprint density at radius 1 is 1.10 bits per heavy atom. The molecule has 2 aromatic heterocycles. The summed E-state index contributed by atoms with van der Waals surface area (Å²) in [5.41, 5.74) is 10.3. The Kier molecular flexibility index (Phi) is 8.57. The Labute approximate surface area is 184 Å². The summed E-state index contributed by atoms with van der Waals surface area (Å²) >= 11 is 1.51. The number of thiophene rings is 1. The molecule has 0 radical (unpaired) electrons. The second-order valence-corrected chi connectivity index (χ2v) is 8.63. The maximum absolute atomic E-state index is 6.41. The third kappa shape index (κ3) is 5.90. The number of hydrogen-bond acceptors (Lipinski definition) is 5. The molecule has 6 heteroatoms. The predicted octanol–water partition coefficient (Wildman–Crippen LogP) is 5.91. The van der Waals surface area contributed by atoms with Crippen LogP contribution in [0.15, 0.2) is 65.2 Å². The molecule has 1 aromatic carbocycles. The topological polar surface area (TPSA) is 80.5 Å². The standard InChI is InChI=1S/C21H25N5S.C3H8/c1-4-21(2,3)17-11-10-15(18-8-5-6-12-24-18)14-16(17)20(22)25-26(23)19-9-7-13-27-19;1-3-2/h5-14H,4,23H2,1-3H3,(H2,22,25);3H2,1-2H3. The van der Waals surface area contributed by atoms with E-state index in [1.807, 2.05) is 35.7 Å². The SMILES string of the molecule is CCC.CCC(C)(C)c1ccc(-c2ccccn2)cc1/C(N)=N/N(N)c1cccs1. The second-order valence-electron chi connectivity index (χ2n) is 7.70. The molecule has 0 aliphatic rings. The number of rotatable bonds is 6. The maximum Gasteiger partial charge on any atom is 0.153 e. The molecule has 4 N–H and O–H groups in total. The highest BCUT2D eigenvalue weighted by atomic mass is 32.1. The van der Waals surface area contributed by atoms with Gasteiger partial charge in [-0.2, -0.15) is 5.12 Å². The predicted molar refractivity (Wildman–Crippen MR) is 131 cm³/mol.